The Morgan fingerprint density at radius 2 is 2.04 bits per heavy atom. The van der Waals surface area contributed by atoms with Gasteiger partial charge in [-0.25, -0.2) is 13.8 Å². The minimum Gasteiger partial charge on any atom is -0.488 e. The highest BCUT2D eigenvalue weighted by molar-refractivity contribution is 5.39. The van der Waals surface area contributed by atoms with Crippen molar-refractivity contribution < 1.29 is 18.3 Å². The molecule has 1 atom stereocenters. The van der Waals surface area contributed by atoms with E-state index in [0.717, 1.165) is 43.8 Å². The Morgan fingerprint density at radius 1 is 1.21 bits per heavy atom. The van der Waals surface area contributed by atoms with Crippen LogP contribution in [-0.2, 0) is 0 Å². The topological polar surface area (TPSA) is 43.4 Å². The van der Waals surface area contributed by atoms with E-state index in [-0.39, 0.29) is 11.6 Å². The largest absolute Gasteiger partial charge is 0.488 e. The number of rotatable bonds is 5. The predicted molar refractivity (Wildman–Crippen MR) is 86.5 cm³/mol. The molecule has 0 bridgehead atoms. The second-order valence-electron chi connectivity index (χ2n) is 5.96. The molecule has 2 heterocycles. The Hall–Kier alpha value is -2.21. The van der Waals surface area contributed by atoms with Crippen molar-refractivity contribution in [2.45, 2.75) is 19.8 Å². The summed E-state index contributed by atoms with van der Waals surface area (Å²) in [5.74, 6) is -0.452. The van der Waals surface area contributed by atoms with Crippen molar-refractivity contribution in [3.63, 3.8) is 0 Å². The fourth-order valence-corrected chi connectivity index (χ4v) is 2.64. The summed E-state index contributed by atoms with van der Waals surface area (Å²) in [6, 6.07) is 6.73. The zero-order valence-electron chi connectivity index (χ0n) is 13.5. The molecule has 24 heavy (non-hydrogen) atoms. The SMILES string of the molecule is Cc1ccc(OCC2CCCNC2)c(Oc2ccc(F)cc2F)n1. The molecule has 1 aliphatic rings. The van der Waals surface area contributed by atoms with Crippen molar-refractivity contribution in [3.05, 3.63) is 47.7 Å². The molecule has 0 spiro atoms. The van der Waals surface area contributed by atoms with Crippen LogP contribution in [0.5, 0.6) is 17.4 Å². The van der Waals surface area contributed by atoms with Crippen LogP contribution in [0.1, 0.15) is 18.5 Å². The molecule has 0 radical (unpaired) electrons. The lowest BCUT2D eigenvalue weighted by Crippen LogP contribution is -2.33. The van der Waals surface area contributed by atoms with Gasteiger partial charge in [-0.15, -0.1) is 0 Å². The Balaban J connectivity index is 1.74. The lowest BCUT2D eigenvalue weighted by atomic mass is 10.0. The van der Waals surface area contributed by atoms with E-state index in [1.54, 1.807) is 6.07 Å². The molecule has 0 saturated carbocycles. The van der Waals surface area contributed by atoms with Crippen molar-refractivity contribution in [1.29, 1.82) is 0 Å². The fraction of sp³-hybridized carbons (Fsp3) is 0.389. The predicted octanol–water partition coefficient (Wildman–Crippen LogP) is 3.84. The molecule has 2 aromatic rings. The Kier molecular flexibility index (Phi) is 5.25. The number of hydrogen-bond donors (Lipinski definition) is 1. The summed E-state index contributed by atoms with van der Waals surface area (Å²) in [7, 11) is 0. The molecular formula is C18H20F2N2O2. The summed E-state index contributed by atoms with van der Waals surface area (Å²) in [5, 5.41) is 3.34. The van der Waals surface area contributed by atoms with E-state index in [2.05, 4.69) is 10.3 Å². The molecule has 1 fully saturated rings. The smallest absolute Gasteiger partial charge is 0.262 e. The summed E-state index contributed by atoms with van der Waals surface area (Å²) in [6.07, 6.45) is 2.24. The number of hydrogen-bond acceptors (Lipinski definition) is 4. The number of benzene rings is 1. The van der Waals surface area contributed by atoms with Crippen molar-refractivity contribution in [2.24, 2.45) is 5.92 Å². The molecule has 4 nitrogen and oxygen atoms in total. The zero-order valence-corrected chi connectivity index (χ0v) is 13.5. The summed E-state index contributed by atoms with van der Waals surface area (Å²) < 4.78 is 38.2. The molecule has 6 heteroatoms. The van der Waals surface area contributed by atoms with Gasteiger partial charge in [0, 0.05) is 24.2 Å². The van der Waals surface area contributed by atoms with Gasteiger partial charge in [0.1, 0.15) is 5.82 Å². The van der Waals surface area contributed by atoms with Crippen molar-refractivity contribution in [3.8, 4) is 17.4 Å². The molecule has 0 amide bonds. The maximum absolute atomic E-state index is 13.8. The van der Waals surface area contributed by atoms with Crippen LogP contribution in [0.4, 0.5) is 8.78 Å². The lowest BCUT2D eigenvalue weighted by molar-refractivity contribution is 0.211. The number of pyridine rings is 1. The quantitative estimate of drug-likeness (QED) is 0.902. The van der Waals surface area contributed by atoms with Gasteiger partial charge >= 0.3 is 0 Å². The van der Waals surface area contributed by atoms with Crippen LogP contribution in [0.25, 0.3) is 0 Å². The van der Waals surface area contributed by atoms with E-state index in [1.807, 2.05) is 13.0 Å². The summed E-state index contributed by atoms with van der Waals surface area (Å²) in [5.41, 5.74) is 0.721. The van der Waals surface area contributed by atoms with Crippen LogP contribution >= 0.6 is 0 Å². The highest BCUT2D eigenvalue weighted by atomic mass is 19.1. The molecule has 1 N–H and O–H groups in total. The van der Waals surface area contributed by atoms with Crippen LogP contribution in [0.2, 0.25) is 0 Å². The average molecular weight is 334 g/mol. The van der Waals surface area contributed by atoms with Crippen LogP contribution in [0, 0.1) is 24.5 Å². The maximum Gasteiger partial charge on any atom is 0.262 e. The highest BCUT2D eigenvalue weighted by Gasteiger charge is 2.17. The van der Waals surface area contributed by atoms with Gasteiger partial charge in [0.25, 0.3) is 5.88 Å². The molecule has 1 aromatic carbocycles. The molecule has 1 unspecified atom stereocenters. The van der Waals surface area contributed by atoms with Crippen LogP contribution in [-0.4, -0.2) is 24.7 Å². The van der Waals surface area contributed by atoms with E-state index in [4.69, 9.17) is 9.47 Å². The number of ether oxygens (including phenoxy) is 2. The van der Waals surface area contributed by atoms with Crippen LogP contribution in [0.3, 0.4) is 0 Å². The highest BCUT2D eigenvalue weighted by Crippen LogP contribution is 2.32. The van der Waals surface area contributed by atoms with E-state index in [0.29, 0.717) is 18.3 Å². The first-order valence-corrected chi connectivity index (χ1v) is 8.06. The monoisotopic (exact) mass is 334 g/mol. The molecule has 1 aromatic heterocycles. The van der Waals surface area contributed by atoms with Gasteiger partial charge in [0.05, 0.1) is 6.61 Å². The third-order valence-corrected chi connectivity index (χ3v) is 3.94. The van der Waals surface area contributed by atoms with Gasteiger partial charge in [0.2, 0.25) is 0 Å². The minimum atomic E-state index is -0.777. The Labute approximate surface area is 139 Å². The first-order valence-electron chi connectivity index (χ1n) is 8.06. The summed E-state index contributed by atoms with van der Waals surface area (Å²) in [6.45, 7) is 4.31. The van der Waals surface area contributed by atoms with Gasteiger partial charge in [0.15, 0.2) is 17.3 Å². The fourth-order valence-electron chi connectivity index (χ4n) is 2.64. The molecular weight excluding hydrogens is 314 g/mol. The van der Waals surface area contributed by atoms with Crippen molar-refractivity contribution >= 4 is 0 Å². The molecule has 0 aliphatic carbocycles. The first-order chi connectivity index (χ1) is 11.6. The number of piperidine rings is 1. The maximum atomic E-state index is 13.8. The van der Waals surface area contributed by atoms with Gasteiger partial charge in [-0.1, -0.05) is 0 Å². The van der Waals surface area contributed by atoms with Crippen molar-refractivity contribution in [1.82, 2.24) is 10.3 Å². The van der Waals surface area contributed by atoms with Gasteiger partial charge in [-0.3, -0.25) is 0 Å². The van der Waals surface area contributed by atoms with Crippen LogP contribution < -0.4 is 14.8 Å². The second kappa shape index (κ2) is 7.57. The first kappa shape index (κ1) is 16.6. The number of halogens is 2. The van der Waals surface area contributed by atoms with E-state index >= 15 is 0 Å². The number of nitrogens with zero attached hydrogens (tertiary/aromatic N) is 1. The van der Waals surface area contributed by atoms with Gasteiger partial charge in [-0.05, 0) is 50.6 Å². The second-order valence-corrected chi connectivity index (χ2v) is 5.96. The van der Waals surface area contributed by atoms with Gasteiger partial charge in [-0.2, -0.15) is 0 Å². The normalized spacial score (nSPS) is 17.5. The number of aryl methyl sites for hydroxylation is 1. The van der Waals surface area contributed by atoms with Gasteiger partial charge < -0.3 is 14.8 Å². The standard InChI is InChI=1S/C18H20F2N2O2/c1-12-4-6-17(23-11-13-3-2-8-21-10-13)18(22-12)24-16-7-5-14(19)9-15(16)20/h4-7,9,13,21H,2-3,8,10-11H2,1H3. The third-order valence-electron chi connectivity index (χ3n) is 3.94. The van der Waals surface area contributed by atoms with E-state index in [9.17, 15) is 8.78 Å². The average Bonchev–Trinajstić information content (AvgIpc) is 2.57. The zero-order chi connectivity index (χ0) is 16.9. The minimum absolute atomic E-state index is 0.0846. The molecule has 128 valence electrons. The van der Waals surface area contributed by atoms with E-state index < -0.39 is 11.6 Å². The number of nitrogens with one attached hydrogen (secondary N) is 1. The third kappa shape index (κ3) is 4.20. The van der Waals surface area contributed by atoms with Crippen molar-refractivity contribution in [2.75, 3.05) is 19.7 Å². The van der Waals surface area contributed by atoms with Crippen LogP contribution in [0.15, 0.2) is 30.3 Å². The molecule has 1 saturated heterocycles. The number of aromatic nitrogens is 1. The Morgan fingerprint density at radius 3 is 2.79 bits per heavy atom. The molecule has 1 aliphatic heterocycles. The molecule has 3 rings (SSSR count). The Bertz CT molecular complexity index is 703. The summed E-state index contributed by atoms with van der Waals surface area (Å²) in [4.78, 5) is 4.27. The lowest BCUT2D eigenvalue weighted by Gasteiger charge is -2.23. The van der Waals surface area contributed by atoms with E-state index in [1.165, 1.54) is 6.07 Å². The summed E-state index contributed by atoms with van der Waals surface area (Å²) >= 11 is 0.